The van der Waals surface area contributed by atoms with Crippen LogP contribution in [-0.4, -0.2) is 16.7 Å². The summed E-state index contributed by atoms with van der Waals surface area (Å²) in [7, 11) is 0. The molecular weight excluding hydrogens is 316 g/mol. The third-order valence-electron chi connectivity index (χ3n) is 5.54. The van der Waals surface area contributed by atoms with Gasteiger partial charge in [0.05, 0.1) is 5.41 Å². The molecule has 0 amide bonds. The summed E-state index contributed by atoms with van der Waals surface area (Å²) in [5.74, 6) is -1.81. The highest BCUT2D eigenvalue weighted by Crippen LogP contribution is 2.54. The van der Waals surface area contributed by atoms with E-state index in [0.29, 0.717) is 12.8 Å². The van der Waals surface area contributed by atoms with E-state index < -0.39 is 16.8 Å². The number of aliphatic hydroxyl groups is 1. The monoisotopic (exact) mass is 340 g/mol. The molecular formula is C21H24O4. The van der Waals surface area contributed by atoms with Crippen LogP contribution >= 0.6 is 0 Å². The summed E-state index contributed by atoms with van der Waals surface area (Å²) in [4.78, 5) is 24.0. The summed E-state index contributed by atoms with van der Waals surface area (Å²) in [5, 5.41) is 10.8. The number of hydrogen-bond acceptors (Lipinski definition) is 4. The zero-order chi connectivity index (χ0) is 18.1. The van der Waals surface area contributed by atoms with E-state index in [1.807, 2.05) is 67.6 Å². The fourth-order valence-electron chi connectivity index (χ4n) is 3.89. The predicted octanol–water partition coefficient (Wildman–Crippen LogP) is 3.98. The molecule has 4 heteroatoms. The maximum atomic E-state index is 12.6. The summed E-state index contributed by atoms with van der Waals surface area (Å²) in [5.41, 5.74) is -0.268. The Labute approximate surface area is 148 Å². The molecule has 1 fully saturated rings. The van der Waals surface area contributed by atoms with Crippen molar-refractivity contribution < 1.29 is 19.7 Å². The number of Topliss-reactive ketones (excluding diaryl/α,β-unsaturated/α-hetero) is 1. The standard InChI is InChI=1S/C21H24O4/c1-4-20(16(2)22)15-21(25-24-19(20,3)23,17-11-7-5-8-12-17)18-13-9-6-10-14-18/h5-14,23H,4,15H2,1-3H3. The zero-order valence-electron chi connectivity index (χ0n) is 14.9. The minimum absolute atomic E-state index is 0.112. The Morgan fingerprint density at radius 3 is 1.88 bits per heavy atom. The van der Waals surface area contributed by atoms with Gasteiger partial charge in [-0.3, -0.25) is 4.79 Å². The average molecular weight is 340 g/mol. The highest BCUT2D eigenvalue weighted by molar-refractivity contribution is 5.83. The van der Waals surface area contributed by atoms with Crippen LogP contribution in [0.3, 0.4) is 0 Å². The fraction of sp³-hybridized carbons (Fsp3) is 0.381. The molecule has 3 rings (SSSR count). The first-order valence-electron chi connectivity index (χ1n) is 8.59. The molecule has 1 aliphatic heterocycles. The van der Waals surface area contributed by atoms with Crippen molar-refractivity contribution in [1.29, 1.82) is 0 Å². The van der Waals surface area contributed by atoms with Crippen LogP contribution in [0.2, 0.25) is 0 Å². The second-order valence-electron chi connectivity index (χ2n) is 6.88. The maximum Gasteiger partial charge on any atom is 0.209 e. The van der Waals surface area contributed by atoms with E-state index in [4.69, 9.17) is 9.78 Å². The Kier molecular flexibility index (Phi) is 4.54. The van der Waals surface area contributed by atoms with E-state index in [-0.39, 0.29) is 5.78 Å². The van der Waals surface area contributed by atoms with Crippen LogP contribution in [0.25, 0.3) is 0 Å². The Balaban J connectivity index is 2.22. The van der Waals surface area contributed by atoms with Crippen LogP contribution < -0.4 is 0 Å². The lowest BCUT2D eigenvalue weighted by Crippen LogP contribution is -2.60. The SMILES string of the molecule is CCC1(C(C)=O)CC(c2ccccc2)(c2ccccc2)OOC1(C)O. The molecule has 2 aromatic carbocycles. The predicted molar refractivity (Wildman–Crippen MR) is 94.5 cm³/mol. The third kappa shape index (κ3) is 2.71. The molecule has 1 heterocycles. The molecule has 1 saturated heterocycles. The van der Waals surface area contributed by atoms with Gasteiger partial charge in [-0.1, -0.05) is 67.6 Å². The molecule has 25 heavy (non-hydrogen) atoms. The van der Waals surface area contributed by atoms with Crippen LogP contribution in [0.15, 0.2) is 60.7 Å². The van der Waals surface area contributed by atoms with Gasteiger partial charge in [-0.2, -0.15) is 4.89 Å². The summed E-state index contributed by atoms with van der Waals surface area (Å²) < 4.78 is 0. The highest BCUT2D eigenvalue weighted by atomic mass is 17.2. The van der Waals surface area contributed by atoms with Crippen molar-refractivity contribution >= 4 is 5.78 Å². The van der Waals surface area contributed by atoms with Gasteiger partial charge >= 0.3 is 0 Å². The molecule has 1 N–H and O–H groups in total. The number of ketones is 1. The molecule has 2 aromatic rings. The van der Waals surface area contributed by atoms with E-state index in [2.05, 4.69) is 0 Å². The Bertz CT molecular complexity index is 700. The van der Waals surface area contributed by atoms with Crippen molar-refractivity contribution in [3.05, 3.63) is 71.8 Å². The number of hydrogen-bond donors (Lipinski definition) is 1. The topological polar surface area (TPSA) is 55.8 Å². The molecule has 0 radical (unpaired) electrons. The van der Waals surface area contributed by atoms with Crippen molar-refractivity contribution in [1.82, 2.24) is 0 Å². The lowest BCUT2D eigenvalue weighted by Gasteiger charge is -2.52. The Hall–Kier alpha value is -2.01. The van der Waals surface area contributed by atoms with Crippen LogP contribution in [0, 0.1) is 5.41 Å². The van der Waals surface area contributed by atoms with Gasteiger partial charge in [-0.25, -0.2) is 4.89 Å². The minimum atomic E-state index is -1.69. The molecule has 0 aliphatic carbocycles. The van der Waals surface area contributed by atoms with Gasteiger partial charge in [0.2, 0.25) is 5.79 Å². The summed E-state index contributed by atoms with van der Waals surface area (Å²) in [6.07, 6.45) is 0.743. The van der Waals surface area contributed by atoms with E-state index in [0.717, 1.165) is 11.1 Å². The van der Waals surface area contributed by atoms with E-state index >= 15 is 0 Å². The lowest BCUT2D eigenvalue weighted by molar-refractivity contribution is -0.504. The van der Waals surface area contributed by atoms with Gasteiger partial charge in [0, 0.05) is 6.42 Å². The second kappa shape index (κ2) is 6.37. The largest absolute Gasteiger partial charge is 0.363 e. The first kappa shape index (κ1) is 17.8. The van der Waals surface area contributed by atoms with Gasteiger partial charge in [0.1, 0.15) is 5.78 Å². The second-order valence-corrected chi connectivity index (χ2v) is 6.88. The van der Waals surface area contributed by atoms with E-state index in [1.54, 1.807) is 0 Å². The summed E-state index contributed by atoms with van der Waals surface area (Å²) >= 11 is 0. The molecule has 2 atom stereocenters. The minimum Gasteiger partial charge on any atom is -0.363 e. The molecule has 1 aliphatic rings. The molecule has 0 aromatic heterocycles. The van der Waals surface area contributed by atoms with Crippen molar-refractivity contribution in [2.24, 2.45) is 5.41 Å². The van der Waals surface area contributed by atoms with Gasteiger partial charge in [0.25, 0.3) is 0 Å². The van der Waals surface area contributed by atoms with Crippen molar-refractivity contribution in [3.8, 4) is 0 Å². The first-order valence-corrected chi connectivity index (χ1v) is 8.59. The van der Waals surface area contributed by atoms with Gasteiger partial charge in [-0.05, 0) is 31.4 Å². The van der Waals surface area contributed by atoms with Gasteiger partial charge < -0.3 is 5.11 Å². The number of benzene rings is 2. The summed E-state index contributed by atoms with van der Waals surface area (Å²) in [6, 6.07) is 19.4. The highest BCUT2D eigenvalue weighted by Gasteiger charge is 2.61. The third-order valence-corrected chi connectivity index (χ3v) is 5.54. The summed E-state index contributed by atoms with van der Waals surface area (Å²) in [6.45, 7) is 4.90. The molecule has 132 valence electrons. The number of carbonyl (C=O) groups excluding carboxylic acids is 1. The van der Waals surface area contributed by atoms with E-state index in [1.165, 1.54) is 13.8 Å². The van der Waals surface area contributed by atoms with Crippen LogP contribution in [0.5, 0.6) is 0 Å². The smallest absolute Gasteiger partial charge is 0.209 e. The normalized spacial score (nSPS) is 28.5. The molecule has 0 saturated carbocycles. The molecule has 0 spiro atoms. The van der Waals surface area contributed by atoms with Crippen LogP contribution in [0.4, 0.5) is 0 Å². The van der Waals surface area contributed by atoms with Crippen LogP contribution in [-0.2, 0) is 20.2 Å². The first-order chi connectivity index (χ1) is 11.9. The van der Waals surface area contributed by atoms with Crippen LogP contribution in [0.1, 0.15) is 44.7 Å². The van der Waals surface area contributed by atoms with Crippen molar-refractivity contribution in [3.63, 3.8) is 0 Å². The zero-order valence-corrected chi connectivity index (χ0v) is 14.9. The van der Waals surface area contributed by atoms with Crippen molar-refractivity contribution in [2.45, 2.75) is 45.0 Å². The fourth-order valence-corrected chi connectivity index (χ4v) is 3.89. The number of rotatable bonds is 4. The quantitative estimate of drug-likeness (QED) is 0.856. The Morgan fingerprint density at radius 2 is 1.48 bits per heavy atom. The maximum absolute atomic E-state index is 12.6. The molecule has 0 bridgehead atoms. The average Bonchev–Trinajstić information content (AvgIpc) is 2.63. The molecule has 4 nitrogen and oxygen atoms in total. The van der Waals surface area contributed by atoms with Crippen molar-refractivity contribution in [2.75, 3.05) is 0 Å². The number of carbonyl (C=O) groups is 1. The van der Waals surface area contributed by atoms with Gasteiger partial charge in [-0.15, -0.1) is 0 Å². The van der Waals surface area contributed by atoms with E-state index in [9.17, 15) is 9.90 Å². The van der Waals surface area contributed by atoms with Gasteiger partial charge in [0.15, 0.2) is 5.60 Å². The lowest BCUT2D eigenvalue weighted by atomic mass is 9.64. The Morgan fingerprint density at radius 1 is 1.00 bits per heavy atom. The molecule has 2 unspecified atom stereocenters.